The van der Waals surface area contributed by atoms with Gasteiger partial charge in [0.1, 0.15) is 25.9 Å². The van der Waals surface area contributed by atoms with Crippen LogP contribution >= 0.6 is 56.7 Å². The van der Waals surface area contributed by atoms with Gasteiger partial charge < -0.3 is 10.2 Å². The van der Waals surface area contributed by atoms with E-state index in [0.29, 0.717) is 51.1 Å². The Morgan fingerprint density at radius 1 is 0.423 bits per heavy atom. The molecule has 0 radical (unpaired) electrons. The average Bonchev–Trinajstić information content (AvgIpc) is 4.51. The summed E-state index contributed by atoms with van der Waals surface area (Å²) < 4.78 is 0. The number of hydrogen-bond donors (Lipinski definition) is 2. The molecule has 14 heteroatoms. The van der Waals surface area contributed by atoms with Crippen molar-refractivity contribution in [3.05, 3.63) is 45.1 Å². The average molecular weight is 1190 g/mol. The number of amides is 2. The van der Waals surface area contributed by atoms with E-state index < -0.39 is 28.1 Å². The smallest absolute Gasteiger partial charge is 0.345 e. The SMILES string of the molecule is CCCCCCCCN1C(=O)c2c(-c3cc4c(s3)-c3sc(C(=O)O)cc3[Si]4(CC(CC)CCCC)CC(CC)CCCC)sc(-c3cc4c(s3)-c3sc(C(=O)O)cc3[Si]4(CC(CC)CCCC)CC(CC)CCCC)c2C1=O. The molecule has 8 rings (SSSR count). The Hall–Kier alpha value is -2.99. The van der Waals surface area contributed by atoms with Gasteiger partial charge in [-0.15, -0.1) is 56.7 Å². The first-order valence-corrected chi connectivity index (χ1v) is 39.7. The van der Waals surface area contributed by atoms with E-state index in [1.54, 1.807) is 38.9 Å². The van der Waals surface area contributed by atoms with Gasteiger partial charge in [0.25, 0.3) is 11.8 Å². The number of rotatable bonds is 35. The van der Waals surface area contributed by atoms with Crippen molar-refractivity contribution >= 4 is 117 Å². The molecule has 5 aromatic rings. The zero-order valence-corrected chi connectivity index (χ0v) is 54.8. The van der Waals surface area contributed by atoms with Crippen LogP contribution in [0, 0.1) is 23.7 Å². The summed E-state index contributed by atoms with van der Waals surface area (Å²) >= 11 is 8.03. The maximum Gasteiger partial charge on any atom is 0.345 e. The lowest BCUT2D eigenvalue weighted by molar-refractivity contribution is 0.0646. The van der Waals surface area contributed by atoms with Crippen LogP contribution < -0.4 is 20.7 Å². The molecule has 0 saturated carbocycles. The second-order valence-corrected chi connectivity index (χ2v) is 37.1. The van der Waals surface area contributed by atoms with Crippen molar-refractivity contribution in [2.45, 2.75) is 228 Å². The van der Waals surface area contributed by atoms with Crippen LogP contribution in [0.5, 0.6) is 0 Å². The number of carboxylic acid groups (broad SMARTS) is 2. The number of aromatic carboxylic acids is 2. The topological polar surface area (TPSA) is 112 Å². The Balaban J connectivity index is 1.34. The maximum atomic E-state index is 15.3. The number of imide groups is 1. The van der Waals surface area contributed by atoms with Crippen molar-refractivity contribution in [1.29, 1.82) is 0 Å². The maximum absolute atomic E-state index is 15.3. The van der Waals surface area contributed by atoms with Gasteiger partial charge in [0.05, 0.1) is 20.9 Å². The number of carbonyl (C=O) groups is 4. The van der Waals surface area contributed by atoms with Crippen LogP contribution in [0.1, 0.15) is 244 Å². The lowest BCUT2D eigenvalue weighted by Gasteiger charge is -2.35. The van der Waals surface area contributed by atoms with E-state index in [-0.39, 0.29) is 11.8 Å². The molecule has 78 heavy (non-hydrogen) atoms. The molecule has 426 valence electrons. The Morgan fingerprint density at radius 2 is 0.744 bits per heavy atom. The third kappa shape index (κ3) is 12.1. The van der Waals surface area contributed by atoms with Gasteiger partial charge in [0, 0.05) is 35.8 Å². The summed E-state index contributed by atoms with van der Waals surface area (Å²) in [5, 5.41) is 26.8. The molecule has 0 bridgehead atoms. The van der Waals surface area contributed by atoms with E-state index in [4.69, 9.17) is 0 Å². The van der Waals surface area contributed by atoms with E-state index >= 15 is 9.59 Å². The first-order valence-electron chi connectivity index (χ1n) is 30.8. The fourth-order valence-electron chi connectivity index (χ4n) is 14.0. The highest BCUT2D eigenvalue weighted by Crippen LogP contribution is 2.55. The van der Waals surface area contributed by atoms with Gasteiger partial charge in [-0.2, -0.15) is 0 Å². The lowest BCUT2D eigenvalue weighted by Crippen LogP contribution is -2.56. The minimum absolute atomic E-state index is 0.179. The minimum Gasteiger partial charge on any atom is -0.477 e. The van der Waals surface area contributed by atoms with Crippen LogP contribution in [0.15, 0.2) is 24.3 Å². The number of unbranched alkanes of at least 4 members (excludes halogenated alkanes) is 9. The van der Waals surface area contributed by atoms with Gasteiger partial charge in [0.2, 0.25) is 0 Å². The fraction of sp³-hybridized carbons (Fsp3) is 0.625. The Morgan fingerprint density at radius 3 is 1.08 bits per heavy atom. The summed E-state index contributed by atoms with van der Waals surface area (Å²) in [4.78, 5) is 67.5. The number of hydrogen-bond acceptors (Lipinski definition) is 9. The van der Waals surface area contributed by atoms with Crippen molar-refractivity contribution in [3.63, 3.8) is 0 Å². The first-order chi connectivity index (χ1) is 37.7. The molecular formula is C64H91NO6S5Si2. The van der Waals surface area contributed by atoms with E-state index in [2.05, 4.69) is 86.6 Å². The van der Waals surface area contributed by atoms with Gasteiger partial charge in [-0.05, 0) is 99.3 Å². The number of nitrogens with zero attached hydrogens (tertiary/aromatic N) is 1. The molecule has 8 heterocycles. The Kier molecular flexibility index (Phi) is 21.5. The normalized spacial score (nSPS) is 18.8. The van der Waals surface area contributed by atoms with Gasteiger partial charge >= 0.3 is 11.9 Å². The molecule has 3 aliphatic rings. The van der Waals surface area contributed by atoms with E-state index in [0.717, 1.165) is 137 Å². The summed E-state index contributed by atoms with van der Waals surface area (Å²) in [6.45, 7) is 21.1. The largest absolute Gasteiger partial charge is 0.477 e. The summed E-state index contributed by atoms with van der Waals surface area (Å²) in [7, 11) is -5.16. The van der Waals surface area contributed by atoms with Gasteiger partial charge in [0.15, 0.2) is 0 Å². The first kappa shape index (κ1) is 61.1. The zero-order chi connectivity index (χ0) is 55.9. The molecule has 2 amide bonds. The van der Waals surface area contributed by atoms with Crippen LogP contribution in [0.4, 0.5) is 0 Å². The zero-order valence-electron chi connectivity index (χ0n) is 48.7. The molecule has 7 nitrogen and oxygen atoms in total. The highest BCUT2D eigenvalue weighted by Gasteiger charge is 2.53. The number of carboxylic acids is 2. The van der Waals surface area contributed by atoms with Gasteiger partial charge in [-0.3, -0.25) is 14.5 Å². The third-order valence-corrected chi connectivity index (χ3v) is 36.5. The van der Waals surface area contributed by atoms with E-state index in [1.807, 2.05) is 0 Å². The molecule has 2 N–H and O–H groups in total. The molecule has 5 aromatic heterocycles. The molecule has 4 atom stereocenters. The lowest BCUT2D eigenvalue weighted by atomic mass is 10.0. The summed E-state index contributed by atoms with van der Waals surface area (Å²) in [5.41, 5.74) is 1.11. The molecular weight excluding hydrogens is 1100 g/mol. The molecule has 3 aliphatic heterocycles. The predicted octanol–water partition coefficient (Wildman–Crippen LogP) is 18.6. The van der Waals surface area contributed by atoms with Crippen molar-refractivity contribution in [2.75, 3.05) is 6.54 Å². The number of carbonyl (C=O) groups excluding carboxylic acids is 2. The Bertz CT molecular complexity index is 2670. The van der Waals surface area contributed by atoms with Crippen LogP contribution in [-0.4, -0.2) is 61.6 Å². The van der Waals surface area contributed by atoms with Crippen molar-refractivity contribution in [3.8, 4) is 39.0 Å². The summed E-state index contributed by atoms with van der Waals surface area (Å²) in [5.74, 6) is 0.0685. The molecule has 0 aliphatic carbocycles. The van der Waals surface area contributed by atoms with Crippen molar-refractivity contribution < 1.29 is 29.4 Å². The highest BCUT2D eigenvalue weighted by molar-refractivity contribution is 7.35. The minimum atomic E-state index is -2.58. The van der Waals surface area contributed by atoms with E-state index in [1.165, 1.54) is 111 Å². The monoisotopic (exact) mass is 1190 g/mol. The summed E-state index contributed by atoms with van der Waals surface area (Å²) in [6.07, 6.45) is 24.8. The number of fused-ring (bicyclic) bond motifs is 7. The van der Waals surface area contributed by atoms with Crippen molar-refractivity contribution in [1.82, 2.24) is 4.90 Å². The molecule has 4 unspecified atom stereocenters. The second-order valence-electron chi connectivity index (χ2n) is 23.7. The fourth-order valence-corrected chi connectivity index (χ4v) is 36.0. The third-order valence-electron chi connectivity index (χ3n) is 18.6. The Labute approximate surface area is 490 Å². The molecule has 0 spiro atoms. The van der Waals surface area contributed by atoms with Crippen LogP contribution in [0.25, 0.3) is 39.0 Å². The predicted molar refractivity (Wildman–Crippen MR) is 343 cm³/mol. The second kappa shape index (κ2) is 27.4. The summed E-state index contributed by atoms with van der Waals surface area (Å²) in [6, 6.07) is 13.5. The van der Waals surface area contributed by atoms with Crippen LogP contribution in [0.2, 0.25) is 24.2 Å². The standard InChI is InChI=1S/C64H91NO6S5Si2/c1-10-19-24-25-26-27-32-65-61(66)53-54(62(65)67)56(46-34-50-58(73-46)60-52(36-48(75-60)64(70)71)78(50,39-43(17-8)30-22-13-4)40-44(18-9)31-23-14-5)76-55(53)45-33-49-57(72-45)59-51(35-47(74-59)63(68)69)77(49,37-41(15-6)28-20-11-2)38-42(16-7)29-21-12-3/h33-36,41-44H,10-32,37-40H2,1-9H3,(H,68,69)(H,70,71). The van der Waals surface area contributed by atoms with Crippen LogP contribution in [-0.2, 0) is 0 Å². The van der Waals surface area contributed by atoms with E-state index in [9.17, 15) is 19.8 Å². The highest BCUT2D eigenvalue weighted by atomic mass is 32.1. The number of thiophene rings is 5. The molecule has 0 fully saturated rings. The van der Waals surface area contributed by atoms with Gasteiger partial charge in [-0.25, -0.2) is 9.59 Å². The van der Waals surface area contributed by atoms with Gasteiger partial charge in [-0.1, -0.05) is 197 Å². The molecule has 0 saturated heterocycles. The molecule has 0 aromatic carbocycles. The van der Waals surface area contributed by atoms with Crippen molar-refractivity contribution in [2.24, 2.45) is 23.7 Å². The van der Waals surface area contributed by atoms with Crippen LogP contribution in [0.3, 0.4) is 0 Å². The quantitative estimate of drug-likeness (QED) is 0.0237.